The third-order valence-corrected chi connectivity index (χ3v) is 7.02. The minimum atomic E-state index is -0.497. The topological polar surface area (TPSA) is 73.9 Å². The number of nitrogens with one attached hydrogen (secondary N) is 1. The molecule has 1 atom stereocenters. The molecular weight excluding hydrogens is 430 g/mol. The summed E-state index contributed by atoms with van der Waals surface area (Å²) in [6.07, 6.45) is 5.99. The highest BCUT2D eigenvalue weighted by atomic mass is 16.5. The number of hydrogen-bond acceptors (Lipinski definition) is 6. The Bertz CT molecular complexity index is 1030. The van der Waals surface area contributed by atoms with E-state index in [0.717, 1.165) is 55.5 Å². The molecule has 1 aliphatic heterocycles. The lowest BCUT2D eigenvalue weighted by Gasteiger charge is -2.39. The Hall–Kier alpha value is -2.76. The van der Waals surface area contributed by atoms with Crippen molar-refractivity contribution in [3.05, 3.63) is 46.3 Å². The maximum atomic E-state index is 13.5. The van der Waals surface area contributed by atoms with E-state index in [2.05, 4.69) is 26.1 Å². The number of methoxy groups -OCH3 is 1. The van der Waals surface area contributed by atoms with E-state index >= 15 is 0 Å². The predicted octanol–water partition coefficient (Wildman–Crippen LogP) is 5.57. The Kier molecular flexibility index (Phi) is 7.06. The summed E-state index contributed by atoms with van der Waals surface area (Å²) in [4.78, 5) is 27.0. The number of allylic oxidation sites excluding steroid dienone is 3. The van der Waals surface area contributed by atoms with Gasteiger partial charge >= 0.3 is 5.97 Å². The van der Waals surface area contributed by atoms with E-state index in [4.69, 9.17) is 14.2 Å². The molecule has 1 saturated carbocycles. The van der Waals surface area contributed by atoms with E-state index in [-0.39, 0.29) is 23.3 Å². The van der Waals surface area contributed by atoms with Crippen molar-refractivity contribution in [2.75, 3.05) is 13.7 Å². The highest BCUT2D eigenvalue weighted by Crippen LogP contribution is 2.48. The van der Waals surface area contributed by atoms with Crippen molar-refractivity contribution in [3.63, 3.8) is 0 Å². The summed E-state index contributed by atoms with van der Waals surface area (Å²) in [6.45, 7) is 8.76. The minimum absolute atomic E-state index is 0.0517. The number of hydrogen-bond donors (Lipinski definition) is 1. The van der Waals surface area contributed by atoms with Crippen molar-refractivity contribution in [2.45, 2.75) is 84.7 Å². The SMILES string of the molecule is CCCOc1ccc([C@H]2C(C(=O)OC3CCCC3)=C(C)NC3=C2C(=O)CC(C)(C)C3)cc1OC. The Morgan fingerprint density at radius 2 is 1.88 bits per heavy atom. The first-order valence-electron chi connectivity index (χ1n) is 12.5. The summed E-state index contributed by atoms with van der Waals surface area (Å²) >= 11 is 0. The summed E-state index contributed by atoms with van der Waals surface area (Å²) in [5.41, 5.74) is 3.55. The van der Waals surface area contributed by atoms with E-state index < -0.39 is 5.92 Å². The number of rotatable bonds is 7. The van der Waals surface area contributed by atoms with Crippen molar-refractivity contribution in [2.24, 2.45) is 5.41 Å². The molecule has 6 nitrogen and oxygen atoms in total. The lowest BCUT2D eigenvalue weighted by molar-refractivity contribution is -0.144. The number of Topliss-reactive ketones (excluding diaryl/α,β-unsaturated/α-hetero) is 1. The molecule has 6 heteroatoms. The van der Waals surface area contributed by atoms with Gasteiger partial charge in [0.25, 0.3) is 0 Å². The maximum absolute atomic E-state index is 13.5. The average Bonchev–Trinajstić information content (AvgIpc) is 3.28. The van der Waals surface area contributed by atoms with Crippen LogP contribution in [0.3, 0.4) is 0 Å². The second-order valence-electron chi connectivity index (χ2n) is 10.5. The zero-order valence-electron chi connectivity index (χ0n) is 21.1. The van der Waals surface area contributed by atoms with Crippen LogP contribution in [0.2, 0.25) is 0 Å². The lowest BCUT2D eigenvalue weighted by atomic mass is 9.68. The second kappa shape index (κ2) is 9.85. The van der Waals surface area contributed by atoms with E-state index in [9.17, 15) is 9.59 Å². The van der Waals surface area contributed by atoms with E-state index in [1.807, 2.05) is 25.1 Å². The molecule has 0 bridgehead atoms. The van der Waals surface area contributed by atoms with Crippen LogP contribution in [-0.2, 0) is 14.3 Å². The normalized spacial score (nSPS) is 22.4. The quantitative estimate of drug-likeness (QED) is 0.528. The van der Waals surface area contributed by atoms with Gasteiger partial charge in [0.15, 0.2) is 17.3 Å². The molecule has 1 fully saturated rings. The first kappa shape index (κ1) is 24.4. The van der Waals surface area contributed by atoms with Gasteiger partial charge in [0, 0.05) is 29.3 Å². The van der Waals surface area contributed by atoms with Crippen LogP contribution in [-0.4, -0.2) is 31.6 Å². The average molecular weight is 468 g/mol. The highest BCUT2D eigenvalue weighted by molar-refractivity contribution is 6.04. The molecule has 1 N–H and O–H groups in total. The van der Waals surface area contributed by atoms with Crippen LogP contribution >= 0.6 is 0 Å². The van der Waals surface area contributed by atoms with Gasteiger partial charge in [-0.1, -0.05) is 26.8 Å². The van der Waals surface area contributed by atoms with Gasteiger partial charge in [0.1, 0.15) is 6.10 Å². The summed E-state index contributed by atoms with van der Waals surface area (Å²) in [7, 11) is 1.61. The Morgan fingerprint density at radius 3 is 2.56 bits per heavy atom. The number of dihydropyridines is 1. The van der Waals surface area contributed by atoms with Crippen LogP contribution in [0.5, 0.6) is 11.5 Å². The standard InChI is InChI=1S/C28H37NO5/c1-6-13-33-22-12-11-18(14-23(22)32-5)25-24(27(31)34-19-9-7-8-10-19)17(2)29-20-15-28(3,4)16-21(30)26(20)25/h11-12,14,19,25,29H,6-10,13,15-16H2,1-5H3/t25-/m0/s1. The van der Waals surface area contributed by atoms with E-state index in [1.54, 1.807) is 7.11 Å². The molecule has 0 radical (unpaired) electrons. The van der Waals surface area contributed by atoms with Gasteiger partial charge in [-0.25, -0.2) is 4.79 Å². The van der Waals surface area contributed by atoms with Crippen LogP contribution in [0, 0.1) is 5.41 Å². The fraction of sp³-hybridized carbons (Fsp3) is 0.571. The van der Waals surface area contributed by atoms with Gasteiger partial charge < -0.3 is 19.5 Å². The van der Waals surface area contributed by atoms with Crippen LogP contribution in [0.15, 0.2) is 40.7 Å². The largest absolute Gasteiger partial charge is 0.493 e. The van der Waals surface area contributed by atoms with Gasteiger partial charge in [-0.3, -0.25) is 4.79 Å². The second-order valence-corrected chi connectivity index (χ2v) is 10.5. The summed E-state index contributed by atoms with van der Waals surface area (Å²) in [6, 6.07) is 5.71. The highest BCUT2D eigenvalue weighted by Gasteiger charge is 2.43. The zero-order valence-corrected chi connectivity index (χ0v) is 21.1. The fourth-order valence-corrected chi connectivity index (χ4v) is 5.46. The van der Waals surface area contributed by atoms with Crippen molar-refractivity contribution >= 4 is 11.8 Å². The minimum Gasteiger partial charge on any atom is -0.493 e. The van der Waals surface area contributed by atoms with Crippen LogP contribution in [0.4, 0.5) is 0 Å². The molecule has 0 spiro atoms. The molecule has 0 amide bonds. The third kappa shape index (κ3) is 4.86. The van der Waals surface area contributed by atoms with Gasteiger partial charge in [-0.2, -0.15) is 0 Å². The Balaban J connectivity index is 1.79. The van der Waals surface area contributed by atoms with E-state index in [1.165, 1.54) is 0 Å². The number of carbonyl (C=O) groups is 2. The van der Waals surface area contributed by atoms with Crippen LogP contribution < -0.4 is 14.8 Å². The monoisotopic (exact) mass is 467 g/mol. The van der Waals surface area contributed by atoms with Crippen molar-refractivity contribution in [1.82, 2.24) is 5.32 Å². The van der Waals surface area contributed by atoms with Crippen LogP contribution in [0.1, 0.15) is 84.1 Å². The molecule has 34 heavy (non-hydrogen) atoms. The number of esters is 1. The molecule has 0 saturated heterocycles. The number of benzene rings is 1. The summed E-state index contributed by atoms with van der Waals surface area (Å²) in [5.74, 6) is 0.492. The maximum Gasteiger partial charge on any atom is 0.337 e. The van der Waals surface area contributed by atoms with Crippen molar-refractivity contribution in [3.8, 4) is 11.5 Å². The number of ketones is 1. The van der Waals surface area contributed by atoms with Crippen molar-refractivity contribution in [1.29, 1.82) is 0 Å². The zero-order chi connectivity index (χ0) is 24.5. The first-order valence-corrected chi connectivity index (χ1v) is 12.5. The van der Waals surface area contributed by atoms with Crippen molar-refractivity contribution < 1.29 is 23.8 Å². The molecule has 0 unspecified atom stereocenters. The Labute approximate surface area is 202 Å². The van der Waals surface area contributed by atoms with E-state index in [0.29, 0.717) is 35.7 Å². The first-order chi connectivity index (χ1) is 16.2. The smallest absolute Gasteiger partial charge is 0.337 e. The molecule has 1 aromatic rings. The van der Waals surface area contributed by atoms with Crippen LogP contribution in [0.25, 0.3) is 0 Å². The van der Waals surface area contributed by atoms with Gasteiger partial charge in [-0.15, -0.1) is 0 Å². The lowest BCUT2D eigenvalue weighted by Crippen LogP contribution is -2.39. The molecule has 4 rings (SSSR count). The fourth-order valence-electron chi connectivity index (χ4n) is 5.46. The number of carbonyl (C=O) groups excluding carboxylic acids is 2. The third-order valence-electron chi connectivity index (χ3n) is 7.02. The van der Waals surface area contributed by atoms with Gasteiger partial charge in [-0.05, 0) is 68.6 Å². The van der Waals surface area contributed by atoms with Gasteiger partial charge in [0.2, 0.25) is 0 Å². The predicted molar refractivity (Wildman–Crippen MR) is 131 cm³/mol. The molecule has 2 aliphatic carbocycles. The summed E-state index contributed by atoms with van der Waals surface area (Å²) in [5, 5.41) is 3.41. The van der Waals surface area contributed by atoms with Gasteiger partial charge in [0.05, 0.1) is 19.3 Å². The molecule has 184 valence electrons. The molecule has 1 aromatic carbocycles. The number of ether oxygens (including phenoxy) is 3. The molecule has 1 heterocycles. The Morgan fingerprint density at radius 1 is 1.15 bits per heavy atom. The molecule has 3 aliphatic rings. The molecular formula is C28H37NO5. The molecule has 0 aromatic heterocycles. The summed E-state index contributed by atoms with van der Waals surface area (Å²) < 4.78 is 17.4.